The Balaban J connectivity index is 1.72. The molecule has 19 heavy (non-hydrogen) atoms. The quantitative estimate of drug-likeness (QED) is 0.549. The third-order valence-corrected chi connectivity index (χ3v) is 3.15. The maximum Gasteiger partial charge on any atom is 0.327 e. The highest BCUT2D eigenvalue weighted by Crippen LogP contribution is 2.12. The van der Waals surface area contributed by atoms with Gasteiger partial charge < -0.3 is 9.74 Å². The number of pyridine rings is 1. The van der Waals surface area contributed by atoms with Crippen LogP contribution in [0.25, 0.3) is 0 Å². The molecular formula is C12H19N5O2. The third-order valence-electron chi connectivity index (χ3n) is 3.15. The second kappa shape index (κ2) is 7.03. The van der Waals surface area contributed by atoms with E-state index < -0.39 is 0 Å². The van der Waals surface area contributed by atoms with Crippen LogP contribution < -0.4 is 16.3 Å². The number of hydrazine groups is 1. The molecule has 0 aromatic carbocycles. The Morgan fingerprint density at radius 1 is 1.37 bits per heavy atom. The molecule has 1 aliphatic heterocycles. The summed E-state index contributed by atoms with van der Waals surface area (Å²) in [5.74, 6) is 5.57. The molecule has 1 fully saturated rings. The van der Waals surface area contributed by atoms with Crippen LogP contribution in [0.2, 0.25) is 0 Å². The Morgan fingerprint density at radius 3 is 2.79 bits per heavy atom. The van der Waals surface area contributed by atoms with E-state index in [0.29, 0.717) is 13.0 Å². The van der Waals surface area contributed by atoms with Gasteiger partial charge in [-0.15, -0.1) is 0 Å². The molecule has 0 saturated carbocycles. The number of nitrogens with zero attached hydrogens (tertiary/aromatic N) is 3. The number of nitrogens with two attached hydrogens (primary N) is 1. The van der Waals surface area contributed by atoms with Crippen LogP contribution in [-0.4, -0.2) is 48.6 Å². The Morgan fingerprint density at radius 2 is 2.16 bits per heavy atom. The van der Waals surface area contributed by atoms with E-state index in [2.05, 4.69) is 19.6 Å². The number of hydrogen-bond acceptors (Lipinski definition) is 7. The average molecular weight is 265 g/mol. The third kappa shape index (κ3) is 4.16. The van der Waals surface area contributed by atoms with Crippen molar-refractivity contribution < 1.29 is 9.63 Å². The van der Waals surface area contributed by atoms with Crippen LogP contribution in [0, 0.1) is 0 Å². The number of anilines is 1. The van der Waals surface area contributed by atoms with E-state index in [1.807, 2.05) is 23.8 Å². The lowest BCUT2D eigenvalue weighted by molar-refractivity contribution is -0.151. The molecule has 0 bridgehead atoms. The summed E-state index contributed by atoms with van der Waals surface area (Å²) in [4.78, 5) is 24.4. The number of rotatable bonds is 5. The van der Waals surface area contributed by atoms with Crippen molar-refractivity contribution in [1.82, 2.24) is 15.5 Å². The van der Waals surface area contributed by atoms with Crippen LogP contribution in [0.5, 0.6) is 0 Å². The van der Waals surface area contributed by atoms with Crippen LogP contribution >= 0.6 is 0 Å². The minimum atomic E-state index is -0.338. The molecule has 7 heteroatoms. The number of aromatic nitrogens is 1. The van der Waals surface area contributed by atoms with Crippen molar-refractivity contribution in [2.45, 2.75) is 6.42 Å². The minimum absolute atomic E-state index is 0.338. The Kier molecular flexibility index (Phi) is 5.08. The number of carbonyl (C=O) groups is 1. The van der Waals surface area contributed by atoms with Gasteiger partial charge in [-0.3, -0.25) is 9.69 Å². The number of nitrogens with one attached hydrogen (secondary N) is 1. The monoisotopic (exact) mass is 265 g/mol. The van der Waals surface area contributed by atoms with Crippen molar-refractivity contribution in [1.29, 1.82) is 0 Å². The fourth-order valence-corrected chi connectivity index (χ4v) is 2.11. The summed E-state index contributed by atoms with van der Waals surface area (Å²) in [6, 6.07) is 5.92. The fraction of sp³-hybridized carbons (Fsp3) is 0.500. The molecule has 2 heterocycles. The molecule has 1 aliphatic rings. The normalized spacial score (nSPS) is 16.4. The summed E-state index contributed by atoms with van der Waals surface area (Å²) >= 11 is 0. The second-order valence-electron chi connectivity index (χ2n) is 4.36. The Hall–Kier alpha value is -1.70. The smallest absolute Gasteiger partial charge is 0.327 e. The summed E-state index contributed by atoms with van der Waals surface area (Å²) in [6.45, 7) is 4.36. The molecule has 2 rings (SSSR count). The highest BCUT2D eigenvalue weighted by molar-refractivity contribution is 5.69. The molecule has 0 radical (unpaired) electrons. The number of carbonyl (C=O) groups excluding carboxylic acids is 1. The topological polar surface area (TPSA) is 83.7 Å². The van der Waals surface area contributed by atoms with Gasteiger partial charge in [-0.25, -0.2) is 10.8 Å². The van der Waals surface area contributed by atoms with E-state index >= 15 is 0 Å². The highest BCUT2D eigenvalue weighted by Gasteiger charge is 2.18. The maximum absolute atomic E-state index is 11.2. The molecule has 1 aromatic heterocycles. The summed E-state index contributed by atoms with van der Waals surface area (Å²) in [6.07, 6.45) is 2.14. The Bertz CT molecular complexity index is 392. The van der Waals surface area contributed by atoms with Crippen molar-refractivity contribution in [3.05, 3.63) is 24.4 Å². The van der Waals surface area contributed by atoms with Gasteiger partial charge in [0.2, 0.25) is 0 Å². The summed E-state index contributed by atoms with van der Waals surface area (Å²) < 4.78 is 0. The molecule has 104 valence electrons. The molecule has 0 unspecified atom stereocenters. The number of piperazine rings is 1. The highest BCUT2D eigenvalue weighted by atomic mass is 16.7. The second-order valence-corrected chi connectivity index (χ2v) is 4.36. The van der Waals surface area contributed by atoms with E-state index in [9.17, 15) is 4.79 Å². The largest absolute Gasteiger partial charge is 0.356 e. The molecule has 3 N–H and O–H groups in total. The van der Waals surface area contributed by atoms with Gasteiger partial charge in [-0.2, -0.15) is 0 Å². The predicted octanol–water partition coefficient (Wildman–Crippen LogP) is -0.485. The predicted molar refractivity (Wildman–Crippen MR) is 70.9 cm³/mol. The maximum atomic E-state index is 11.2. The zero-order chi connectivity index (χ0) is 13.5. The summed E-state index contributed by atoms with van der Waals surface area (Å²) in [5.41, 5.74) is 1.90. The summed E-state index contributed by atoms with van der Waals surface area (Å²) in [5, 5.41) is 0. The zero-order valence-corrected chi connectivity index (χ0v) is 10.8. The minimum Gasteiger partial charge on any atom is -0.356 e. The van der Waals surface area contributed by atoms with Gasteiger partial charge in [0.05, 0.1) is 6.42 Å². The van der Waals surface area contributed by atoms with E-state index in [-0.39, 0.29) is 5.97 Å². The molecule has 0 aliphatic carbocycles. The van der Waals surface area contributed by atoms with Crippen molar-refractivity contribution in [3.8, 4) is 0 Å². The van der Waals surface area contributed by atoms with E-state index in [1.54, 1.807) is 6.20 Å². The van der Waals surface area contributed by atoms with Gasteiger partial charge in [0.1, 0.15) is 5.82 Å². The molecule has 1 saturated heterocycles. The lowest BCUT2D eigenvalue weighted by Crippen LogP contribution is -2.47. The van der Waals surface area contributed by atoms with Crippen LogP contribution in [0.3, 0.4) is 0 Å². The van der Waals surface area contributed by atoms with Crippen molar-refractivity contribution in [2.24, 2.45) is 5.84 Å². The number of hydrogen-bond donors (Lipinski definition) is 2. The molecule has 0 atom stereocenters. The van der Waals surface area contributed by atoms with Crippen LogP contribution in [-0.2, 0) is 9.63 Å². The zero-order valence-electron chi connectivity index (χ0n) is 10.8. The molecule has 1 aromatic rings. The van der Waals surface area contributed by atoms with Crippen LogP contribution in [0.1, 0.15) is 6.42 Å². The van der Waals surface area contributed by atoms with Crippen molar-refractivity contribution >= 4 is 11.8 Å². The van der Waals surface area contributed by atoms with Crippen LogP contribution in [0.15, 0.2) is 24.4 Å². The van der Waals surface area contributed by atoms with Gasteiger partial charge in [-0.05, 0) is 12.1 Å². The van der Waals surface area contributed by atoms with Gasteiger partial charge in [0.15, 0.2) is 0 Å². The molecule has 7 nitrogen and oxygen atoms in total. The first-order chi connectivity index (χ1) is 9.29. The van der Waals surface area contributed by atoms with E-state index in [1.165, 1.54) is 0 Å². The lowest BCUT2D eigenvalue weighted by Gasteiger charge is -2.35. The molecule has 0 spiro atoms. The molecule has 0 amide bonds. The van der Waals surface area contributed by atoms with Crippen LogP contribution in [0.4, 0.5) is 5.82 Å². The van der Waals surface area contributed by atoms with Crippen molar-refractivity contribution in [3.63, 3.8) is 0 Å². The Labute approximate surface area is 112 Å². The fourth-order valence-electron chi connectivity index (χ4n) is 2.11. The van der Waals surface area contributed by atoms with Gasteiger partial charge in [0.25, 0.3) is 0 Å². The lowest BCUT2D eigenvalue weighted by atomic mass is 10.3. The van der Waals surface area contributed by atoms with Gasteiger partial charge in [0, 0.05) is 38.9 Å². The van der Waals surface area contributed by atoms with E-state index in [0.717, 1.165) is 32.0 Å². The van der Waals surface area contributed by atoms with Crippen molar-refractivity contribution in [2.75, 3.05) is 37.6 Å². The SMILES string of the molecule is NNOC(=O)CCN1CCN(c2ccccn2)CC1. The summed E-state index contributed by atoms with van der Waals surface area (Å²) in [7, 11) is 0. The molecular weight excluding hydrogens is 246 g/mol. The first kappa shape index (κ1) is 13.7. The first-order valence-corrected chi connectivity index (χ1v) is 6.33. The van der Waals surface area contributed by atoms with Gasteiger partial charge >= 0.3 is 5.97 Å². The average Bonchev–Trinajstić information content (AvgIpc) is 2.47. The van der Waals surface area contributed by atoms with E-state index in [4.69, 9.17) is 5.84 Å². The standard InChI is InChI=1S/C12H19N5O2/c13-15-19-12(18)4-6-16-7-9-17(10-8-16)11-3-1-2-5-14-11/h1-3,5,15H,4,6-10,13H2. The first-order valence-electron chi connectivity index (χ1n) is 6.33. The van der Waals surface area contributed by atoms with Gasteiger partial charge in [-0.1, -0.05) is 11.7 Å².